The minimum Gasteiger partial charge on any atom is -0.550 e. The van der Waals surface area contributed by atoms with Gasteiger partial charge in [-0.1, -0.05) is 0 Å². The van der Waals surface area contributed by atoms with Gasteiger partial charge in [0.25, 0.3) is 0 Å². The molecule has 0 aromatic rings. The van der Waals surface area contributed by atoms with Crippen molar-refractivity contribution in [1.29, 1.82) is 0 Å². The highest BCUT2D eigenvalue weighted by Gasteiger charge is 2.23. The maximum Gasteiger partial charge on any atom is 0.132 e. The Hall–Kier alpha value is -1.67. The monoisotopic (exact) mass is 232 g/mol. The lowest BCUT2D eigenvalue weighted by Crippen LogP contribution is -3.00. The standard InChI is InChI=1S/C8H14N2O6/c1-3(6(9)8(15)16)10-4(7(13)14)2-5(11)12/h3-4,6,10H,2,9H2,1H3,(H,11,12)(H,13,14)(H,15,16)/p-2/t3-,4?,6+/m1/s1. The average molecular weight is 232 g/mol. The Bertz CT molecular complexity index is 292. The highest BCUT2D eigenvalue weighted by molar-refractivity contribution is 5.77. The highest BCUT2D eigenvalue weighted by Crippen LogP contribution is 1.87. The fourth-order valence-electron chi connectivity index (χ4n) is 1.11. The zero-order valence-corrected chi connectivity index (χ0v) is 8.54. The van der Waals surface area contributed by atoms with E-state index < -0.39 is 42.5 Å². The fraction of sp³-hybridized carbons (Fsp3) is 0.625. The first-order valence-electron chi connectivity index (χ1n) is 4.47. The average Bonchev–Trinajstić information content (AvgIpc) is 2.14. The first-order valence-corrected chi connectivity index (χ1v) is 4.47. The molecule has 8 heteroatoms. The molecule has 0 radical (unpaired) electrons. The topological polar surface area (TPSA) is 163 Å². The number of quaternary nitrogens is 1. The summed E-state index contributed by atoms with van der Waals surface area (Å²) in [5, 5.41) is 32.1. The summed E-state index contributed by atoms with van der Waals surface area (Å²) in [4.78, 5) is 31.1. The van der Waals surface area contributed by atoms with Crippen LogP contribution in [0.1, 0.15) is 13.3 Å². The lowest BCUT2D eigenvalue weighted by atomic mass is 10.1. The van der Waals surface area contributed by atoms with Gasteiger partial charge in [-0.3, -0.25) is 0 Å². The van der Waals surface area contributed by atoms with Gasteiger partial charge in [-0.15, -0.1) is 0 Å². The Morgan fingerprint density at radius 1 is 1.19 bits per heavy atom. The van der Waals surface area contributed by atoms with E-state index in [0.717, 1.165) is 5.32 Å². The number of rotatable bonds is 7. The molecule has 0 saturated heterocycles. The molecular weight excluding hydrogens is 220 g/mol. The van der Waals surface area contributed by atoms with Crippen LogP contribution in [0.5, 0.6) is 0 Å². The van der Waals surface area contributed by atoms with E-state index in [9.17, 15) is 29.7 Å². The van der Waals surface area contributed by atoms with Crippen molar-refractivity contribution < 1.29 is 35.0 Å². The maximum absolute atomic E-state index is 10.5. The largest absolute Gasteiger partial charge is 0.550 e. The fourth-order valence-corrected chi connectivity index (χ4v) is 1.11. The number of aliphatic carboxylic acids is 3. The highest BCUT2D eigenvalue weighted by atomic mass is 16.4. The molecule has 0 heterocycles. The van der Waals surface area contributed by atoms with Gasteiger partial charge in [-0.25, -0.2) is 0 Å². The van der Waals surface area contributed by atoms with E-state index in [1.54, 1.807) is 0 Å². The molecule has 0 aliphatic heterocycles. The van der Waals surface area contributed by atoms with Crippen molar-refractivity contribution in [2.24, 2.45) is 5.73 Å². The van der Waals surface area contributed by atoms with E-state index in [1.807, 2.05) is 0 Å². The molecule has 0 aliphatic rings. The van der Waals surface area contributed by atoms with Crippen molar-refractivity contribution in [3.05, 3.63) is 0 Å². The van der Waals surface area contributed by atoms with E-state index in [2.05, 4.69) is 0 Å². The van der Waals surface area contributed by atoms with Crippen molar-refractivity contribution in [1.82, 2.24) is 0 Å². The van der Waals surface area contributed by atoms with Gasteiger partial charge in [0.05, 0.1) is 18.0 Å². The molecule has 0 aromatic heterocycles. The van der Waals surface area contributed by atoms with Crippen molar-refractivity contribution in [3.63, 3.8) is 0 Å². The van der Waals surface area contributed by atoms with Gasteiger partial charge < -0.3 is 40.8 Å². The Labute approximate surface area is 91.1 Å². The summed E-state index contributed by atoms with van der Waals surface area (Å²) in [6.07, 6.45) is -0.785. The molecule has 0 saturated carbocycles. The number of nitrogens with two attached hydrogens (primary N) is 2. The normalized spacial score (nSPS) is 16.1. The van der Waals surface area contributed by atoms with Crippen LogP contribution in [0.25, 0.3) is 0 Å². The molecule has 1 unspecified atom stereocenters. The van der Waals surface area contributed by atoms with Gasteiger partial charge in [-0.2, -0.15) is 0 Å². The molecule has 0 bridgehead atoms. The second-order valence-electron chi connectivity index (χ2n) is 3.40. The van der Waals surface area contributed by atoms with Crippen molar-refractivity contribution in [2.75, 3.05) is 0 Å². The lowest BCUT2D eigenvalue weighted by molar-refractivity contribution is -0.713. The van der Waals surface area contributed by atoms with Crippen LogP contribution in [0.15, 0.2) is 0 Å². The Kier molecular flexibility index (Phi) is 5.40. The third kappa shape index (κ3) is 4.71. The smallest absolute Gasteiger partial charge is 0.132 e. The van der Waals surface area contributed by atoms with Crippen LogP contribution in [-0.2, 0) is 14.4 Å². The zero-order valence-electron chi connectivity index (χ0n) is 8.54. The molecule has 16 heavy (non-hydrogen) atoms. The lowest BCUT2D eigenvalue weighted by Gasteiger charge is -2.25. The number of carbonyl (C=O) groups is 3. The van der Waals surface area contributed by atoms with Crippen LogP contribution in [0, 0.1) is 0 Å². The van der Waals surface area contributed by atoms with Crippen LogP contribution in [-0.4, -0.2) is 36.0 Å². The first-order chi connectivity index (χ1) is 7.25. The van der Waals surface area contributed by atoms with E-state index in [0.29, 0.717) is 0 Å². The van der Waals surface area contributed by atoms with E-state index >= 15 is 0 Å². The predicted octanol–water partition coefficient (Wildman–Crippen LogP) is -6.73. The molecule has 92 valence electrons. The van der Waals surface area contributed by atoms with Crippen LogP contribution in [0.3, 0.4) is 0 Å². The van der Waals surface area contributed by atoms with E-state index in [1.165, 1.54) is 6.92 Å². The van der Waals surface area contributed by atoms with Gasteiger partial charge in [0.1, 0.15) is 12.1 Å². The van der Waals surface area contributed by atoms with Crippen molar-refractivity contribution >= 4 is 17.9 Å². The van der Waals surface area contributed by atoms with E-state index in [-0.39, 0.29) is 0 Å². The molecule has 0 fully saturated rings. The van der Waals surface area contributed by atoms with Gasteiger partial charge in [0.2, 0.25) is 0 Å². The van der Waals surface area contributed by atoms with Gasteiger partial charge in [0.15, 0.2) is 0 Å². The number of hydrogen-bond donors (Lipinski definition) is 2. The summed E-state index contributed by atoms with van der Waals surface area (Å²) in [5.74, 6) is -4.74. The minimum atomic E-state index is -1.62. The van der Waals surface area contributed by atoms with Crippen LogP contribution in [0.4, 0.5) is 0 Å². The second-order valence-corrected chi connectivity index (χ2v) is 3.40. The molecule has 0 aromatic carbocycles. The van der Waals surface area contributed by atoms with Crippen LogP contribution >= 0.6 is 0 Å². The molecule has 0 rings (SSSR count). The van der Waals surface area contributed by atoms with Crippen molar-refractivity contribution in [2.45, 2.75) is 31.5 Å². The summed E-state index contributed by atoms with van der Waals surface area (Å²) < 4.78 is 0. The van der Waals surface area contributed by atoms with E-state index in [4.69, 9.17) is 5.73 Å². The summed E-state index contributed by atoms with van der Waals surface area (Å²) in [6, 6.07) is -3.69. The molecule has 3 atom stereocenters. The molecule has 0 aliphatic carbocycles. The number of carboxylic acids is 3. The van der Waals surface area contributed by atoms with Crippen LogP contribution < -0.4 is 26.4 Å². The molecular formula is C8H12N2O6-2. The quantitative estimate of drug-likeness (QED) is 0.440. The minimum absolute atomic E-state index is 0.785. The second kappa shape index (κ2) is 6.03. The number of carbonyl (C=O) groups excluding carboxylic acids is 3. The maximum atomic E-state index is 10.5. The van der Waals surface area contributed by atoms with Gasteiger partial charge in [0, 0.05) is 12.4 Å². The number of carboxylic acid groups (broad SMARTS) is 3. The van der Waals surface area contributed by atoms with Crippen LogP contribution in [0.2, 0.25) is 0 Å². The number of hydrogen-bond acceptors (Lipinski definition) is 7. The van der Waals surface area contributed by atoms with Gasteiger partial charge in [-0.05, 0) is 6.92 Å². The molecule has 0 spiro atoms. The van der Waals surface area contributed by atoms with Crippen molar-refractivity contribution in [3.8, 4) is 0 Å². The summed E-state index contributed by atoms with van der Waals surface area (Å²) in [5.41, 5.74) is 5.17. The zero-order chi connectivity index (χ0) is 12.9. The predicted molar refractivity (Wildman–Crippen MR) is 42.8 cm³/mol. The molecule has 4 N–H and O–H groups in total. The Morgan fingerprint density at radius 2 is 1.69 bits per heavy atom. The molecule has 0 amide bonds. The molecule has 8 nitrogen and oxygen atoms in total. The first kappa shape index (κ1) is 14.3. The Balaban J connectivity index is 4.45. The summed E-state index contributed by atoms with van der Waals surface area (Å²) in [6.45, 7) is 1.34. The third-order valence-corrected chi connectivity index (χ3v) is 2.06. The van der Waals surface area contributed by atoms with Gasteiger partial charge >= 0.3 is 0 Å². The SMILES string of the molecule is C[C@@H]([NH2+]C(CC(=O)[O-])C(=O)[O-])[C@H](N)C(=O)[O-]. The summed E-state index contributed by atoms with van der Waals surface area (Å²) >= 11 is 0. The third-order valence-electron chi connectivity index (χ3n) is 2.06. The summed E-state index contributed by atoms with van der Waals surface area (Å²) in [7, 11) is 0. The Morgan fingerprint density at radius 3 is 2.00 bits per heavy atom.